The van der Waals surface area contributed by atoms with E-state index in [1.807, 2.05) is 18.2 Å². The predicted octanol–water partition coefficient (Wildman–Crippen LogP) is 9.79. The van der Waals surface area contributed by atoms with Gasteiger partial charge in [0.15, 0.2) is 6.10 Å². The number of carbonyl (C=O) groups is 3. The van der Waals surface area contributed by atoms with Crippen molar-refractivity contribution in [1.29, 1.82) is 0 Å². The van der Waals surface area contributed by atoms with E-state index in [0.717, 1.165) is 56.2 Å². The molecular weight excluding hydrogens is 941 g/mol. The normalized spacial score (nSPS) is 15.6. The van der Waals surface area contributed by atoms with Gasteiger partial charge in [0.1, 0.15) is 18.8 Å². The van der Waals surface area contributed by atoms with E-state index in [9.17, 15) is 38.6 Å². The third-order valence-electron chi connectivity index (χ3n) is 10.4. The number of aliphatic hydroxyl groups excluding tert-OH is 2. The average Bonchev–Trinajstić information content (AvgIpc) is 3.27. The molecule has 0 spiro atoms. The Bertz CT molecular complexity index is 1520. The largest absolute Gasteiger partial charge is 0.481 e. The zero-order valence-electron chi connectivity index (χ0n) is 41.0. The summed E-state index contributed by atoms with van der Waals surface area (Å²) in [6.45, 7) is 3.48. The van der Waals surface area contributed by atoms with Crippen LogP contribution in [-0.4, -0.2) is 110 Å². The van der Waals surface area contributed by atoms with Gasteiger partial charge in [0.05, 0.1) is 25.9 Å². The van der Waals surface area contributed by atoms with Gasteiger partial charge < -0.3 is 45.2 Å². The molecule has 0 aromatic heterocycles. The number of phosphoric ester groups is 2. The average molecular weight is 1030 g/mol. The molecule has 0 aromatic rings. The number of thioether (sulfide) groups is 1. The zero-order chi connectivity index (χ0) is 50.9. The van der Waals surface area contributed by atoms with Crippen molar-refractivity contribution in [3.05, 3.63) is 48.6 Å². The lowest BCUT2D eigenvalue weighted by atomic mass is 10.0. The lowest BCUT2D eigenvalue weighted by molar-refractivity contribution is -0.161. The monoisotopic (exact) mass is 1030 g/mol. The fourth-order valence-electron chi connectivity index (χ4n) is 6.49. The lowest BCUT2D eigenvalue weighted by Crippen LogP contribution is -2.40. The lowest BCUT2D eigenvalue weighted by Gasteiger charge is -2.23. The number of aliphatic carboxylic acids is 1. The third-order valence-corrected chi connectivity index (χ3v) is 13.2. The SMILES string of the molecule is CCCCC/C=C\C\C=C/C=C/C=C/[C@@H](SC[C@H](N)C(=O)O[C@H](COC(=O)CCCCCCCCCCCCCCCC(C)C)COP(=O)(O)OC[C@@H](O)COP(=O)(O)O)[C@@H](O)CCCC(=O)O. The maximum Gasteiger partial charge on any atom is 0.472 e. The molecule has 1 unspecified atom stereocenters. The predicted molar refractivity (Wildman–Crippen MR) is 268 cm³/mol. The molecule has 0 aliphatic heterocycles. The standard InChI is InChI=1S/C48H87NO16P2S/c1-4-5-6-7-8-9-10-15-18-21-24-27-32-45(44(51)31-29-33-46(52)53)68-39-43(49)48(55)65-42(38-64-67(59,60)63-36-41(50)35-62-66(56,57)58)37-61-47(54)34-28-25-22-19-16-13-11-12-14-17-20-23-26-30-40(2)3/h8-9,15,18,21,24,27,32,40-45,50-51H,4-7,10-14,16-17,19-20,22-23,25-26,28-31,33-39,49H2,1-3H3,(H,52,53)(H,59,60)(H2,56,57,58)/b9-8-,18-15-,24-21+,32-27+/t41-,42+,43-,44-,45+/m0/s1. The highest BCUT2D eigenvalue weighted by Crippen LogP contribution is 2.44. The van der Waals surface area contributed by atoms with Crippen LogP contribution < -0.4 is 5.73 Å². The first-order valence-electron chi connectivity index (χ1n) is 24.6. The molecule has 0 heterocycles. The number of rotatable bonds is 46. The molecule has 0 radical (unpaired) electrons. The van der Waals surface area contributed by atoms with Gasteiger partial charge in [-0.05, 0) is 44.4 Å². The quantitative estimate of drug-likeness (QED) is 0.00982. The summed E-state index contributed by atoms with van der Waals surface area (Å²) in [6.07, 6.45) is 33.0. The van der Waals surface area contributed by atoms with Crippen LogP contribution in [0.1, 0.15) is 168 Å². The summed E-state index contributed by atoms with van der Waals surface area (Å²) in [5.41, 5.74) is 6.19. The molecular formula is C48H87NO16P2S. The van der Waals surface area contributed by atoms with Crippen molar-refractivity contribution >= 4 is 45.3 Å². The summed E-state index contributed by atoms with van der Waals surface area (Å²) in [5, 5.41) is 29.3. The summed E-state index contributed by atoms with van der Waals surface area (Å²) >= 11 is 1.13. The van der Waals surface area contributed by atoms with Crippen LogP contribution in [0.4, 0.5) is 0 Å². The molecule has 17 nitrogen and oxygen atoms in total. The maximum absolute atomic E-state index is 13.2. The zero-order valence-corrected chi connectivity index (χ0v) is 43.6. The number of unbranched alkanes of at least 4 members (excludes halogenated alkanes) is 15. The molecule has 0 aromatic carbocycles. The Morgan fingerprint density at radius 2 is 1.25 bits per heavy atom. The Labute approximate surface area is 411 Å². The Morgan fingerprint density at radius 1 is 0.662 bits per heavy atom. The fraction of sp³-hybridized carbons (Fsp3) is 0.771. The van der Waals surface area contributed by atoms with E-state index in [2.05, 4.69) is 37.4 Å². The maximum atomic E-state index is 13.2. The van der Waals surface area contributed by atoms with Gasteiger partial charge in [0, 0.05) is 23.8 Å². The molecule has 0 saturated carbocycles. The minimum atomic E-state index is -4.97. The number of allylic oxidation sites excluding steroid dienone is 7. The molecule has 20 heteroatoms. The van der Waals surface area contributed by atoms with E-state index >= 15 is 0 Å². The second-order valence-corrected chi connectivity index (χ2v) is 21.3. The Hall–Kier alpha value is -2.18. The van der Waals surface area contributed by atoms with Crippen molar-refractivity contribution in [2.45, 2.75) is 198 Å². The number of hydrogen-bond acceptors (Lipinski definition) is 14. The van der Waals surface area contributed by atoms with E-state index in [1.165, 1.54) is 77.0 Å². The van der Waals surface area contributed by atoms with E-state index in [1.54, 1.807) is 18.2 Å². The molecule has 0 amide bonds. The van der Waals surface area contributed by atoms with Crippen LogP contribution in [0, 0.1) is 5.92 Å². The van der Waals surface area contributed by atoms with Crippen LogP contribution in [0.2, 0.25) is 0 Å². The van der Waals surface area contributed by atoms with Crippen LogP contribution in [0.15, 0.2) is 48.6 Å². The van der Waals surface area contributed by atoms with Gasteiger partial charge in [0.25, 0.3) is 0 Å². The van der Waals surface area contributed by atoms with Gasteiger partial charge in [-0.1, -0.05) is 166 Å². The first-order chi connectivity index (χ1) is 32.3. The van der Waals surface area contributed by atoms with Gasteiger partial charge >= 0.3 is 33.6 Å². The van der Waals surface area contributed by atoms with Gasteiger partial charge in [0.2, 0.25) is 0 Å². The first-order valence-corrected chi connectivity index (χ1v) is 28.7. The smallest absolute Gasteiger partial charge is 0.472 e. The number of aliphatic hydroxyl groups is 2. The van der Waals surface area contributed by atoms with Crippen LogP contribution in [0.25, 0.3) is 0 Å². The Morgan fingerprint density at radius 3 is 1.85 bits per heavy atom. The minimum Gasteiger partial charge on any atom is -0.481 e. The number of phosphoric acid groups is 2. The van der Waals surface area contributed by atoms with E-state index in [4.69, 9.17) is 39.1 Å². The highest BCUT2D eigenvalue weighted by Gasteiger charge is 2.30. The molecule has 396 valence electrons. The fourth-order valence-corrected chi connectivity index (χ4v) is 8.77. The molecule has 68 heavy (non-hydrogen) atoms. The van der Waals surface area contributed by atoms with Crippen LogP contribution in [-0.2, 0) is 46.6 Å². The summed E-state index contributed by atoms with van der Waals surface area (Å²) < 4.78 is 48.1. The topological polar surface area (TPSA) is 279 Å². The van der Waals surface area contributed by atoms with Crippen molar-refractivity contribution in [2.75, 3.05) is 32.2 Å². The first kappa shape index (κ1) is 65.8. The van der Waals surface area contributed by atoms with Gasteiger partial charge in [-0.3, -0.25) is 28.0 Å². The molecule has 8 N–H and O–H groups in total. The molecule has 0 rings (SSSR count). The summed E-state index contributed by atoms with van der Waals surface area (Å²) in [6, 6.07) is -1.29. The summed E-state index contributed by atoms with van der Waals surface area (Å²) in [5.74, 6) is -1.85. The van der Waals surface area contributed by atoms with Crippen LogP contribution in [0.3, 0.4) is 0 Å². The number of carboxylic acid groups (broad SMARTS) is 1. The minimum absolute atomic E-state index is 0.0692. The highest BCUT2D eigenvalue weighted by molar-refractivity contribution is 8.00. The Balaban J connectivity index is 5.32. The van der Waals surface area contributed by atoms with Crippen molar-refractivity contribution in [1.82, 2.24) is 0 Å². The second kappa shape index (κ2) is 42.5. The van der Waals surface area contributed by atoms with Crippen LogP contribution in [0.5, 0.6) is 0 Å². The number of nitrogens with two attached hydrogens (primary N) is 1. The Kier molecular flexibility index (Phi) is 41.1. The van der Waals surface area contributed by atoms with Gasteiger partial charge in [-0.2, -0.15) is 0 Å². The van der Waals surface area contributed by atoms with Crippen molar-refractivity contribution in [3.63, 3.8) is 0 Å². The van der Waals surface area contributed by atoms with E-state index < -0.39 is 89.6 Å². The molecule has 0 saturated heterocycles. The van der Waals surface area contributed by atoms with Crippen molar-refractivity contribution in [2.24, 2.45) is 11.7 Å². The molecule has 0 fully saturated rings. The number of carbonyl (C=O) groups excluding carboxylic acids is 2. The van der Waals surface area contributed by atoms with E-state index in [0.29, 0.717) is 6.42 Å². The van der Waals surface area contributed by atoms with Gasteiger partial charge in [-0.25, -0.2) is 9.13 Å². The number of ether oxygens (including phenoxy) is 2. The van der Waals surface area contributed by atoms with Crippen LogP contribution >= 0.6 is 27.4 Å². The summed E-state index contributed by atoms with van der Waals surface area (Å²) in [7, 11) is -9.90. The molecule has 6 atom stereocenters. The highest BCUT2D eigenvalue weighted by atomic mass is 32.2. The van der Waals surface area contributed by atoms with Gasteiger partial charge in [-0.15, -0.1) is 11.8 Å². The summed E-state index contributed by atoms with van der Waals surface area (Å²) in [4.78, 5) is 64.8. The number of hydrogen-bond donors (Lipinski definition) is 7. The molecule has 0 aliphatic carbocycles. The third kappa shape index (κ3) is 43.8. The van der Waals surface area contributed by atoms with Crippen molar-refractivity contribution in [3.8, 4) is 0 Å². The molecule has 0 bridgehead atoms. The molecule has 0 aliphatic rings. The van der Waals surface area contributed by atoms with E-state index in [-0.39, 0.29) is 31.4 Å². The number of esters is 2. The number of carboxylic acids is 1. The van der Waals surface area contributed by atoms with Crippen molar-refractivity contribution < 1.29 is 76.6 Å². The second-order valence-electron chi connectivity index (χ2n) is 17.4.